The summed E-state index contributed by atoms with van der Waals surface area (Å²) >= 11 is 5.90. The molecular formula is C23H18ClFN2O4. The van der Waals surface area contributed by atoms with Gasteiger partial charge < -0.3 is 15.4 Å². The van der Waals surface area contributed by atoms with Gasteiger partial charge in [-0.25, -0.2) is 9.18 Å². The average Bonchev–Trinajstić information content (AvgIpc) is 2.76. The maximum absolute atomic E-state index is 13.2. The number of halogens is 2. The van der Waals surface area contributed by atoms with Crippen molar-refractivity contribution in [3.63, 3.8) is 0 Å². The van der Waals surface area contributed by atoms with Crippen molar-refractivity contribution in [1.29, 1.82) is 0 Å². The zero-order valence-corrected chi connectivity index (χ0v) is 17.4. The Morgan fingerprint density at radius 3 is 2.10 bits per heavy atom. The van der Waals surface area contributed by atoms with Crippen LogP contribution in [0.15, 0.2) is 60.7 Å². The summed E-state index contributed by atoms with van der Waals surface area (Å²) in [6.07, 6.45) is 0. The molecule has 0 bridgehead atoms. The van der Waals surface area contributed by atoms with Crippen molar-refractivity contribution in [3.8, 4) is 11.1 Å². The van der Waals surface area contributed by atoms with Gasteiger partial charge >= 0.3 is 17.8 Å². The summed E-state index contributed by atoms with van der Waals surface area (Å²) in [6.45, 7) is 1.77. The SMILES string of the molecule is COC(=O)c1cc(Cl)ccc1NC(=O)C(=O)Nc1cc(-c2ccc(F)cc2)ccc1C. The first-order chi connectivity index (χ1) is 14.8. The second-order valence-corrected chi connectivity index (χ2v) is 7.06. The lowest BCUT2D eigenvalue weighted by Gasteiger charge is -2.12. The molecule has 0 saturated carbocycles. The quantitative estimate of drug-likeness (QED) is 0.450. The van der Waals surface area contributed by atoms with E-state index in [0.717, 1.165) is 16.7 Å². The lowest BCUT2D eigenvalue weighted by atomic mass is 10.0. The zero-order chi connectivity index (χ0) is 22.5. The maximum Gasteiger partial charge on any atom is 0.340 e. The van der Waals surface area contributed by atoms with Gasteiger partial charge in [0.05, 0.1) is 18.4 Å². The highest BCUT2D eigenvalue weighted by atomic mass is 35.5. The third kappa shape index (κ3) is 5.26. The standard InChI is InChI=1S/C23H18ClFN2O4/c1-13-3-4-15(14-5-8-17(25)9-6-14)11-20(13)27-22(29)21(28)26-19-10-7-16(24)12-18(19)23(30)31-2/h3-12H,1-2H3,(H,26,28)(H,27,29). The second-order valence-electron chi connectivity index (χ2n) is 6.63. The van der Waals surface area contributed by atoms with Crippen LogP contribution in [0, 0.1) is 12.7 Å². The number of benzene rings is 3. The number of methoxy groups -OCH3 is 1. The van der Waals surface area contributed by atoms with E-state index in [9.17, 15) is 18.8 Å². The van der Waals surface area contributed by atoms with Crippen molar-refractivity contribution >= 4 is 40.8 Å². The van der Waals surface area contributed by atoms with Gasteiger partial charge in [0.2, 0.25) is 0 Å². The fourth-order valence-corrected chi connectivity index (χ4v) is 3.01. The number of anilines is 2. The Labute approximate surface area is 183 Å². The van der Waals surface area contributed by atoms with Crippen molar-refractivity contribution in [2.75, 3.05) is 17.7 Å². The number of aryl methyl sites for hydroxylation is 1. The second kappa shape index (κ2) is 9.40. The van der Waals surface area contributed by atoms with Crippen molar-refractivity contribution in [3.05, 3.63) is 82.6 Å². The lowest BCUT2D eigenvalue weighted by molar-refractivity contribution is -0.133. The van der Waals surface area contributed by atoms with Gasteiger partial charge in [-0.2, -0.15) is 0 Å². The number of hydrogen-bond donors (Lipinski definition) is 2. The molecule has 0 fully saturated rings. The fraction of sp³-hybridized carbons (Fsp3) is 0.0870. The molecule has 2 amide bonds. The largest absolute Gasteiger partial charge is 0.465 e. The van der Waals surface area contributed by atoms with Gasteiger partial charge in [-0.05, 0) is 60.0 Å². The van der Waals surface area contributed by atoms with Crippen LogP contribution in [0.5, 0.6) is 0 Å². The molecule has 0 aliphatic rings. The van der Waals surface area contributed by atoms with Gasteiger partial charge in [0, 0.05) is 10.7 Å². The monoisotopic (exact) mass is 440 g/mol. The van der Waals surface area contributed by atoms with Crippen LogP contribution < -0.4 is 10.6 Å². The van der Waals surface area contributed by atoms with E-state index in [2.05, 4.69) is 15.4 Å². The van der Waals surface area contributed by atoms with E-state index in [1.807, 2.05) is 6.07 Å². The van der Waals surface area contributed by atoms with Crippen molar-refractivity contribution in [1.82, 2.24) is 0 Å². The maximum atomic E-state index is 13.2. The molecule has 3 aromatic rings. The number of nitrogens with one attached hydrogen (secondary N) is 2. The van der Waals surface area contributed by atoms with Crippen LogP contribution in [-0.4, -0.2) is 24.9 Å². The molecule has 0 aliphatic heterocycles. The molecule has 158 valence electrons. The summed E-state index contributed by atoms with van der Waals surface area (Å²) in [7, 11) is 1.19. The summed E-state index contributed by atoms with van der Waals surface area (Å²) in [4.78, 5) is 36.8. The van der Waals surface area contributed by atoms with Crippen LogP contribution in [-0.2, 0) is 14.3 Å². The number of ether oxygens (including phenoxy) is 1. The summed E-state index contributed by atoms with van der Waals surface area (Å²) in [5.41, 5.74) is 2.76. The summed E-state index contributed by atoms with van der Waals surface area (Å²) in [6, 6.07) is 15.4. The summed E-state index contributed by atoms with van der Waals surface area (Å²) < 4.78 is 17.8. The van der Waals surface area contributed by atoms with Gasteiger partial charge in [-0.1, -0.05) is 35.9 Å². The Morgan fingerprint density at radius 1 is 0.839 bits per heavy atom. The minimum atomic E-state index is -0.973. The minimum absolute atomic E-state index is 0.0191. The highest BCUT2D eigenvalue weighted by Crippen LogP contribution is 2.26. The number of rotatable bonds is 4. The average molecular weight is 441 g/mol. The molecule has 3 aromatic carbocycles. The molecule has 0 unspecified atom stereocenters. The van der Waals surface area contributed by atoms with Crippen LogP contribution in [0.2, 0.25) is 5.02 Å². The van der Waals surface area contributed by atoms with E-state index in [1.54, 1.807) is 31.2 Å². The van der Waals surface area contributed by atoms with E-state index in [0.29, 0.717) is 5.69 Å². The molecular weight excluding hydrogens is 423 g/mol. The smallest absolute Gasteiger partial charge is 0.340 e. The third-order valence-corrected chi connectivity index (χ3v) is 4.74. The molecule has 0 aromatic heterocycles. The highest BCUT2D eigenvalue weighted by Gasteiger charge is 2.20. The number of esters is 1. The van der Waals surface area contributed by atoms with Crippen LogP contribution in [0.25, 0.3) is 11.1 Å². The first-order valence-electron chi connectivity index (χ1n) is 9.15. The third-order valence-electron chi connectivity index (χ3n) is 4.50. The van der Waals surface area contributed by atoms with E-state index in [1.165, 1.54) is 37.4 Å². The Bertz CT molecular complexity index is 1160. The van der Waals surface area contributed by atoms with Gasteiger partial charge in [0.1, 0.15) is 5.82 Å². The molecule has 0 radical (unpaired) electrons. The van der Waals surface area contributed by atoms with Gasteiger partial charge in [-0.3, -0.25) is 9.59 Å². The number of carbonyl (C=O) groups is 3. The van der Waals surface area contributed by atoms with Gasteiger partial charge in [-0.15, -0.1) is 0 Å². The molecule has 6 nitrogen and oxygen atoms in total. The van der Waals surface area contributed by atoms with Crippen LogP contribution >= 0.6 is 11.6 Å². The molecule has 0 atom stereocenters. The van der Waals surface area contributed by atoms with Gasteiger partial charge in [0.15, 0.2) is 0 Å². The molecule has 8 heteroatoms. The molecule has 0 spiro atoms. The van der Waals surface area contributed by atoms with Crippen molar-refractivity contribution in [2.24, 2.45) is 0 Å². The Hall–Kier alpha value is -3.71. The van der Waals surface area contributed by atoms with E-state index >= 15 is 0 Å². The molecule has 3 rings (SSSR count). The van der Waals surface area contributed by atoms with E-state index in [-0.39, 0.29) is 22.1 Å². The molecule has 0 heterocycles. The Morgan fingerprint density at radius 2 is 1.45 bits per heavy atom. The summed E-state index contributed by atoms with van der Waals surface area (Å²) in [5.74, 6) is -2.96. The van der Waals surface area contributed by atoms with Crippen molar-refractivity contribution < 1.29 is 23.5 Å². The Balaban J connectivity index is 1.79. The highest BCUT2D eigenvalue weighted by molar-refractivity contribution is 6.44. The van der Waals surface area contributed by atoms with Crippen LogP contribution in [0.4, 0.5) is 15.8 Å². The normalized spacial score (nSPS) is 10.3. The fourth-order valence-electron chi connectivity index (χ4n) is 2.84. The first kappa shape index (κ1) is 22.0. The first-order valence-corrected chi connectivity index (χ1v) is 9.53. The van der Waals surface area contributed by atoms with Crippen LogP contribution in [0.1, 0.15) is 15.9 Å². The van der Waals surface area contributed by atoms with Crippen molar-refractivity contribution in [2.45, 2.75) is 6.92 Å². The lowest BCUT2D eigenvalue weighted by Crippen LogP contribution is -2.30. The summed E-state index contributed by atoms with van der Waals surface area (Å²) in [5, 5.41) is 5.23. The molecule has 2 N–H and O–H groups in total. The predicted octanol–water partition coefficient (Wildman–Crippen LogP) is 4.82. The number of amides is 2. The predicted molar refractivity (Wildman–Crippen MR) is 117 cm³/mol. The number of hydrogen-bond acceptors (Lipinski definition) is 4. The molecule has 0 aliphatic carbocycles. The van der Waals surface area contributed by atoms with E-state index in [4.69, 9.17) is 11.6 Å². The topological polar surface area (TPSA) is 84.5 Å². The Kier molecular flexibility index (Phi) is 6.67. The van der Waals surface area contributed by atoms with Crippen LogP contribution in [0.3, 0.4) is 0 Å². The molecule has 0 saturated heterocycles. The van der Waals surface area contributed by atoms with E-state index < -0.39 is 17.8 Å². The van der Waals surface area contributed by atoms with Gasteiger partial charge in [0.25, 0.3) is 0 Å². The minimum Gasteiger partial charge on any atom is -0.465 e. The zero-order valence-electron chi connectivity index (χ0n) is 16.7. The molecule has 31 heavy (non-hydrogen) atoms. The number of carbonyl (C=O) groups excluding carboxylic acids is 3.